The van der Waals surface area contributed by atoms with Crippen LogP contribution in [0.15, 0.2) is 30.3 Å². The molecule has 3 nitrogen and oxygen atoms in total. The molecule has 0 fully saturated rings. The second-order valence-electron chi connectivity index (χ2n) is 4.19. The number of benzene rings is 2. The summed E-state index contributed by atoms with van der Waals surface area (Å²) in [6.45, 7) is -0.286. The predicted molar refractivity (Wildman–Crippen MR) is 69.5 cm³/mol. The molecular weight excluding hydrogens is 279 g/mol. The highest BCUT2D eigenvalue weighted by Crippen LogP contribution is 2.19. The molecule has 0 saturated carbocycles. The Balaban J connectivity index is 2.21. The first-order valence-electron chi connectivity index (χ1n) is 5.86. The summed E-state index contributed by atoms with van der Waals surface area (Å²) < 4.78 is 40.9. The summed E-state index contributed by atoms with van der Waals surface area (Å²) in [5, 5.41) is 19.8. The van der Waals surface area contributed by atoms with E-state index in [-0.39, 0.29) is 28.9 Å². The van der Waals surface area contributed by atoms with Crippen LogP contribution in [0.2, 0.25) is 0 Å². The van der Waals surface area contributed by atoms with Gasteiger partial charge in [-0.2, -0.15) is 10.5 Å². The highest BCUT2D eigenvalue weighted by Gasteiger charge is 2.12. The van der Waals surface area contributed by atoms with Crippen LogP contribution in [0.5, 0.6) is 0 Å². The molecule has 0 aliphatic rings. The molecule has 6 heteroatoms. The lowest BCUT2D eigenvalue weighted by molar-refractivity contribution is 0.558. The van der Waals surface area contributed by atoms with Gasteiger partial charge < -0.3 is 5.32 Å². The van der Waals surface area contributed by atoms with Crippen molar-refractivity contribution in [2.45, 2.75) is 6.54 Å². The molecule has 0 amide bonds. The summed E-state index contributed by atoms with van der Waals surface area (Å²) in [6.07, 6.45) is 0. The number of rotatable bonds is 3. The van der Waals surface area contributed by atoms with Gasteiger partial charge in [0, 0.05) is 12.1 Å². The van der Waals surface area contributed by atoms with E-state index in [0.29, 0.717) is 0 Å². The molecule has 104 valence electrons. The number of hydrogen-bond donors (Lipinski definition) is 1. The van der Waals surface area contributed by atoms with Crippen molar-refractivity contribution in [3.05, 3.63) is 64.5 Å². The topological polar surface area (TPSA) is 59.6 Å². The van der Waals surface area contributed by atoms with Crippen molar-refractivity contribution in [1.29, 1.82) is 10.5 Å². The Bertz CT molecular complexity index is 750. The maximum atomic E-state index is 13.7. The Kier molecular flexibility index (Phi) is 4.10. The Morgan fingerprint density at radius 1 is 0.857 bits per heavy atom. The van der Waals surface area contributed by atoms with Gasteiger partial charge in [0.1, 0.15) is 17.5 Å². The van der Waals surface area contributed by atoms with Crippen LogP contribution in [-0.4, -0.2) is 0 Å². The average molecular weight is 287 g/mol. The molecule has 2 rings (SSSR count). The average Bonchev–Trinajstić information content (AvgIpc) is 2.47. The van der Waals surface area contributed by atoms with E-state index < -0.39 is 17.5 Å². The number of hydrogen-bond acceptors (Lipinski definition) is 3. The summed E-state index contributed by atoms with van der Waals surface area (Å²) in [5.74, 6) is -2.45. The van der Waals surface area contributed by atoms with Crippen LogP contribution in [0, 0.1) is 40.1 Å². The van der Waals surface area contributed by atoms with Crippen molar-refractivity contribution in [2.24, 2.45) is 0 Å². The smallest absolute Gasteiger partial charge is 0.147 e. The van der Waals surface area contributed by atoms with Gasteiger partial charge in [-0.25, -0.2) is 13.2 Å². The number of nitriles is 2. The van der Waals surface area contributed by atoms with Crippen molar-refractivity contribution in [2.75, 3.05) is 5.32 Å². The fourth-order valence-corrected chi connectivity index (χ4v) is 1.75. The van der Waals surface area contributed by atoms with Crippen LogP contribution in [0.4, 0.5) is 18.9 Å². The SMILES string of the molecule is N#Cc1ccc(NCc2c(F)cc(C#N)cc2F)c(F)c1. The number of nitrogens with zero attached hydrogens (tertiary/aromatic N) is 2. The zero-order chi connectivity index (χ0) is 15.4. The minimum Gasteiger partial charge on any atom is -0.378 e. The molecule has 0 atom stereocenters. The Hall–Kier alpha value is -2.99. The van der Waals surface area contributed by atoms with Crippen LogP contribution in [0.25, 0.3) is 0 Å². The molecule has 0 aliphatic carbocycles. The maximum absolute atomic E-state index is 13.7. The van der Waals surface area contributed by atoms with E-state index in [1.807, 2.05) is 0 Å². The van der Waals surface area contributed by atoms with E-state index in [2.05, 4.69) is 5.32 Å². The number of anilines is 1. The van der Waals surface area contributed by atoms with Crippen molar-refractivity contribution < 1.29 is 13.2 Å². The molecule has 1 N–H and O–H groups in total. The molecule has 0 aliphatic heterocycles. The van der Waals surface area contributed by atoms with Gasteiger partial charge in [-0.3, -0.25) is 0 Å². The first kappa shape index (κ1) is 14.4. The molecule has 0 unspecified atom stereocenters. The second-order valence-corrected chi connectivity index (χ2v) is 4.19. The predicted octanol–water partition coefficient (Wildman–Crippen LogP) is 3.46. The van der Waals surface area contributed by atoms with Gasteiger partial charge in [-0.1, -0.05) is 0 Å². The van der Waals surface area contributed by atoms with E-state index in [4.69, 9.17) is 10.5 Å². The maximum Gasteiger partial charge on any atom is 0.147 e. The fraction of sp³-hybridized carbons (Fsp3) is 0.0667. The molecule has 0 heterocycles. The van der Waals surface area contributed by atoms with Crippen LogP contribution >= 0.6 is 0 Å². The van der Waals surface area contributed by atoms with Gasteiger partial charge in [0.15, 0.2) is 0 Å². The Morgan fingerprint density at radius 3 is 1.95 bits per heavy atom. The highest BCUT2D eigenvalue weighted by atomic mass is 19.1. The van der Waals surface area contributed by atoms with E-state index in [0.717, 1.165) is 18.2 Å². The van der Waals surface area contributed by atoms with Crippen molar-refractivity contribution in [3.8, 4) is 12.1 Å². The minimum atomic E-state index is -0.881. The van der Waals surface area contributed by atoms with Gasteiger partial charge in [-0.05, 0) is 30.3 Å². The lowest BCUT2D eigenvalue weighted by atomic mass is 10.1. The third kappa shape index (κ3) is 3.13. The van der Waals surface area contributed by atoms with Gasteiger partial charge in [-0.15, -0.1) is 0 Å². The normalized spacial score (nSPS) is 9.76. The third-order valence-electron chi connectivity index (χ3n) is 2.82. The van der Waals surface area contributed by atoms with Crippen molar-refractivity contribution in [3.63, 3.8) is 0 Å². The minimum absolute atomic E-state index is 0.0251. The highest BCUT2D eigenvalue weighted by molar-refractivity contribution is 5.49. The molecule has 0 bridgehead atoms. The van der Waals surface area contributed by atoms with Gasteiger partial charge in [0.05, 0.1) is 29.0 Å². The lowest BCUT2D eigenvalue weighted by Crippen LogP contribution is -2.06. The lowest BCUT2D eigenvalue weighted by Gasteiger charge is -2.10. The number of halogens is 3. The first-order valence-corrected chi connectivity index (χ1v) is 5.86. The standard InChI is InChI=1S/C15H8F3N3/c16-12-4-10(7-20)5-13(17)11(12)8-21-15-2-1-9(6-19)3-14(15)18/h1-5,21H,8H2. The van der Waals surface area contributed by atoms with Crippen LogP contribution < -0.4 is 5.32 Å². The molecule has 2 aromatic rings. The summed E-state index contributed by atoms with van der Waals surface area (Å²) in [4.78, 5) is 0. The largest absolute Gasteiger partial charge is 0.378 e. The Morgan fingerprint density at radius 2 is 1.43 bits per heavy atom. The third-order valence-corrected chi connectivity index (χ3v) is 2.82. The molecular formula is C15H8F3N3. The molecule has 21 heavy (non-hydrogen) atoms. The van der Waals surface area contributed by atoms with Crippen LogP contribution in [0.1, 0.15) is 16.7 Å². The van der Waals surface area contributed by atoms with Crippen molar-refractivity contribution >= 4 is 5.69 Å². The van der Waals surface area contributed by atoms with E-state index in [9.17, 15) is 13.2 Å². The van der Waals surface area contributed by atoms with E-state index in [1.54, 1.807) is 12.1 Å². The quantitative estimate of drug-likeness (QED) is 0.940. The summed E-state index contributed by atoms with van der Waals surface area (Å²) >= 11 is 0. The Labute approximate surface area is 118 Å². The number of nitrogens with one attached hydrogen (secondary N) is 1. The molecule has 0 aromatic heterocycles. The zero-order valence-corrected chi connectivity index (χ0v) is 10.6. The fourth-order valence-electron chi connectivity index (χ4n) is 1.75. The van der Waals surface area contributed by atoms with Gasteiger partial charge in [0.25, 0.3) is 0 Å². The van der Waals surface area contributed by atoms with E-state index >= 15 is 0 Å². The summed E-state index contributed by atoms with van der Waals surface area (Å²) in [7, 11) is 0. The molecule has 0 radical (unpaired) electrons. The van der Waals surface area contributed by atoms with Gasteiger partial charge in [0.2, 0.25) is 0 Å². The summed E-state index contributed by atoms with van der Waals surface area (Å²) in [5.41, 5.74) is -0.248. The van der Waals surface area contributed by atoms with Crippen molar-refractivity contribution in [1.82, 2.24) is 0 Å². The molecule has 0 saturated heterocycles. The van der Waals surface area contributed by atoms with Gasteiger partial charge >= 0.3 is 0 Å². The van der Waals surface area contributed by atoms with Crippen LogP contribution in [-0.2, 0) is 6.54 Å². The molecule has 2 aromatic carbocycles. The monoisotopic (exact) mass is 287 g/mol. The zero-order valence-electron chi connectivity index (χ0n) is 10.6. The second kappa shape index (κ2) is 5.98. The molecule has 0 spiro atoms. The summed E-state index contributed by atoms with van der Waals surface area (Å²) in [6, 6.07) is 8.97. The first-order chi connectivity index (χ1) is 10.0. The van der Waals surface area contributed by atoms with Crippen LogP contribution in [0.3, 0.4) is 0 Å². The van der Waals surface area contributed by atoms with E-state index in [1.165, 1.54) is 12.1 Å².